The lowest BCUT2D eigenvalue weighted by atomic mass is 9.92. The lowest BCUT2D eigenvalue weighted by Crippen LogP contribution is -2.49. The molecule has 0 saturated carbocycles. The maximum Gasteiger partial charge on any atom is 0.242 e. The van der Waals surface area contributed by atoms with Crippen LogP contribution in [0.1, 0.15) is 31.2 Å². The molecule has 2 atom stereocenters. The van der Waals surface area contributed by atoms with E-state index in [9.17, 15) is 9.90 Å². The zero-order valence-corrected chi connectivity index (χ0v) is 11.9. The van der Waals surface area contributed by atoms with Crippen molar-refractivity contribution in [1.29, 1.82) is 0 Å². The molecule has 1 aliphatic rings. The van der Waals surface area contributed by atoms with Crippen molar-refractivity contribution in [1.82, 2.24) is 10.3 Å². The Bertz CT molecular complexity index is 448. The molecule has 2 rings (SSSR count). The van der Waals surface area contributed by atoms with Gasteiger partial charge in [0.1, 0.15) is 0 Å². The minimum absolute atomic E-state index is 0.193. The fraction of sp³-hybridized carbons (Fsp3) is 0.533. The van der Waals surface area contributed by atoms with E-state index in [4.69, 9.17) is 5.84 Å². The number of rotatable bonds is 4. The molecule has 1 aliphatic heterocycles. The fourth-order valence-corrected chi connectivity index (χ4v) is 2.86. The highest BCUT2D eigenvalue weighted by Crippen LogP contribution is 2.24. The van der Waals surface area contributed by atoms with E-state index in [0.29, 0.717) is 13.1 Å². The van der Waals surface area contributed by atoms with Crippen LogP contribution in [0.2, 0.25) is 0 Å². The van der Waals surface area contributed by atoms with Crippen LogP contribution in [-0.4, -0.2) is 41.1 Å². The third-order valence-electron chi connectivity index (χ3n) is 3.86. The van der Waals surface area contributed by atoms with Crippen LogP contribution in [-0.2, 0) is 4.79 Å². The lowest BCUT2D eigenvalue weighted by Gasteiger charge is -2.38. The molecule has 0 spiro atoms. The Kier molecular flexibility index (Phi) is 4.75. The maximum atomic E-state index is 12.0. The summed E-state index contributed by atoms with van der Waals surface area (Å²) >= 11 is 0. The number of aliphatic hydroxyl groups is 1. The molecule has 1 aromatic rings. The predicted molar refractivity (Wildman–Crippen MR) is 77.8 cm³/mol. The van der Waals surface area contributed by atoms with Gasteiger partial charge in [0.25, 0.3) is 0 Å². The Labute approximate surface area is 119 Å². The maximum absolute atomic E-state index is 12.0. The largest absolute Gasteiger partial charge is 0.389 e. The second kappa shape index (κ2) is 6.35. The van der Waals surface area contributed by atoms with Crippen molar-refractivity contribution in [3.05, 3.63) is 35.9 Å². The highest BCUT2D eigenvalue weighted by atomic mass is 16.3. The summed E-state index contributed by atoms with van der Waals surface area (Å²) in [4.78, 5) is 14.2. The third kappa shape index (κ3) is 3.79. The number of carbonyl (C=O) groups is 1. The summed E-state index contributed by atoms with van der Waals surface area (Å²) in [6.07, 6.45) is 1.75. The molecule has 110 valence electrons. The van der Waals surface area contributed by atoms with Crippen molar-refractivity contribution in [2.24, 2.45) is 5.84 Å². The monoisotopic (exact) mass is 277 g/mol. The smallest absolute Gasteiger partial charge is 0.242 e. The van der Waals surface area contributed by atoms with E-state index in [-0.39, 0.29) is 11.8 Å². The number of hydrogen-bond donors (Lipinski definition) is 3. The van der Waals surface area contributed by atoms with Crippen molar-refractivity contribution >= 4 is 5.91 Å². The Morgan fingerprint density at radius 2 is 2.20 bits per heavy atom. The first-order valence-electron chi connectivity index (χ1n) is 7.02. The van der Waals surface area contributed by atoms with Gasteiger partial charge >= 0.3 is 0 Å². The van der Waals surface area contributed by atoms with Gasteiger partial charge in [0.2, 0.25) is 5.91 Å². The molecule has 1 heterocycles. The Morgan fingerprint density at radius 3 is 2.80 bits per heavy atom. The molecular weight excluding hydrogens is 254 g/mol. The highest BCUT2D eigenvalue weighted by Gasteiger charge is 2.31. The average molecular weight is 277 g/mol. The molecule has 20 heavy (non-hydrogen) atoms. The van der Waals surface area contributed by atoms with Gasteiger partial charge in [0, 0.05) is 13.1 Å². The van der Waals surface area contributed by atoms with Crippen molar-refractivity contribution in [3.63, 3.8) is 0 Å². The zero-order chi connectivity index (χ0) is 14.6. The van der Waals surface area contributed by atoms with Crippen LogP contribution in [0, 0.1) is 0 Å². The third-order valence-corrected chi connectivity index (χ3v) is 3.86. The number of hydrogen-bond acceptors (Lipinski definition) is 4. The first-order chi connectivity index (χ1) is 9.52. The number of carbonyl (C=O) groups excluding carboxylic acids is 1. The number of benzene rings is 1. The van der Waals surface area contributed by atoms with Crippen molar-refractivity contribution in [2.75, 3.05) is 19.6 Å². The summed E-state index contributed by atoms with van der Waals surface area (Å²) in [5.74, 6) is 4.80. The number of hydrazine groups is 1. The topological polar surface area (TPSA) is 78.6 Å². The van der Waals surface area contributed by atoms with Crippen LogP contribution in [0.25, 0.3) is 0 Å². The molecule has 1 fully saturated rings. The second-order valence-electron chi connectivity index (χ2n) is 5.81. The molecule has 1 amide bonds. The standard InChI is InChI=1S/C15H23N3O2/c1-15(20)8-5-9-18(11-15)10-13(14(19)17-16)12-6-3-2-4-7-12/h2-4,6-7,13,20H,5,8-11,16H2,1H3,(H,17,19). The minimum Gasteiger partial charge on any atom is -0.389 e. The van der Waals surface area contributed by atoms with Gasteiger partial charge in [0.05, 0.1) is 11.5 Å². The van der Waals surface area contributed by atoms with E-state index in [1.54, 1.807) is 0 Å². The molecular formula is C15H23N3O2. The van der Waals surface area contributed by atoms with Gasteiger partial charge in [-0.1, -0.05) is 30.3 Å². The number of nitrogens with zero attached hydrogens (tertiary/aromatic N) is 1. The lowest BCUT2D eigenvalue weighted by molar-refractivity contribution is -0.123. The number of likely N-dealkylation sites (tertiary alicyclic amines) is 1. The van der Waals surface area contributed by atoms with E-state index in [0.717, 1.165) is 24.9 Å². The van der Waals surface area contributed by atoms with Gasteiger partial charge < -0.3 is 5.11 Å². The number of β-amino-alcohol motifs (C(OH)–C–C–N with tert-alkyl or cyclic N) is 1. The quantitative estimate of drug-likeness (QED) is 0.428. The summed E-state index contributed by atoms with van der Waals surface area (Å²) in [7, 11) is 0. The molecule has 0 bridgehead atoms. The summed E-state index contributed by atoms with van der Waals surface area (Å²) in [5.41, 5.74) is 2.52. The first kappa shape index (κ1) is 15.0. The SMILES string of the molecule is CC1(O)CCCN(CC(C(=O)NN)c2ccccc2)C1. The molecule has 1 aromatic carbocycles. The average Bonchev–Trinajstić information content (AvgIpc) is 2.44. The molecule has 5 heteroatoms. The van der Waals surface area contributed by atoms with Gasteiger partial charge in [0.15, 0.2) is 0 Å². The molecule has 0 aliphatic carbocycles. The Hall–Kier alpha value is -1.43. The van der Waals surface area contributed by atoms with E-state index >= 15 is 0 Å². The number of amides is 1. The number of nitrogens with one attached hydrogen (secondary N) is 1. The minimum atomic E-state index is -0.668. The van der Waals surface area contributed by atoms with E-state index in [2.05, 4.69) is 10.3 Å². The summed E-state index contributed by atoms with van der Waals surface area (Å²) in [5, 5.41) is 10.2. The van der Waals surface area contributed by atoms with E-state index in [1.165, 1.54) is 0 Å². The van der Waals surface area contributed by atoms with Crippen LogP contribution in [0.4, 0.5) is 0 Å². The van der Waals surface area contributed by atoms with Crippen molar-refractivity contribution in [3.8, 4) is 0 Å². The van der Waals surface area contributed by atoms with Crippen LogP contribution in [0.15, 0.2) is 30.3 Å². The predicted octanol–water partition coefficient (Wildman–Crippen LogP) is 0.607. The van der Waals surface area contributed by atoms with Gasteiger partial charge in [-0.25, -0.2) is 5.84 Å². The van der Waals surface area contributed by atoms with Gasteiger partial charge in [-0.15, -0.1) is 0 Å². The van der Waals surface area contributed by atoms with Crippen molar-refractivity contribution < 1.29 is 9.90 Å². The number of nitrogens with two attached hydrogens (primary N) is 1. The van der Waals surface area contributed by atoms with Crippen molar-refractivity contribution in [2.45, 2.75) is 31.3 Å². The van der Waals surface area contributed by atoms with Gasteiger partial charge in [-0.2, -0.15) is 0 Å². The molecule has 0 radical (unpaired) electrons. The van der Waals surface area contributed by atoms with Crippen LogP contribution >= 0.6 is 0 Å². The van der Waals surface area contributed by atoms with Crippen LogP contribution in [0.5, 0.6) is 0 Å². The van der Waals surface area contributed by atoms with E-state index < -0.39 is 5.60 Å². The zero-order valence-electron chi connectivity index (χ0n) is 11.9. The second-order valence-corrected chi connectivity index (χ2v) is 5.81. The van der Waals surface area contributed by atoms with Crippen LogP contribution in [0.3, 0.4) is 0 Å². The Morgan fingerprint density at radius 1 is 1.50 bits per heavy atom. The molecule has 1 saturated heterocycles. The van der Waals surface area contributed by atoms with Crippen LogP contribution < -0.4 is 11.3 Å². The van der Waals surface area contributed by atoms with Gasteiger partial charge in [-0.3, -0.25) is 15.1 Å². The normalized spacial score (nSPS) is 25.1. The first-order valence-corrected chi connectivity index (χ1v) is 7.02. The number of piperidine rings is 1. The molecule has 2 unspecified atom stereocenters. The highest BCUT2D eigenvalue weighted by molar-refractivity contribution is 5.83. The van der Waals surface area contributed by atoms with E-state index in [1.807, 2.05) is 37.3 Å². The molecule has 0 aromatic heterocycles. The summed E-state index contributed by atoms with van der Waals surface area (Å²) in [6.45, 7) is 3.91. The Balaban J connectivity index is 2.11. The fourth-order valence-electron chi connectivity index (χ4n) is 2.86. The van der Waals surface area contributed by atoms with Gasteiger partial charge in [-0.05, 0) is 31.9 Å². The molecule has 5 nitrogen and oxygen atoms in total. The summed E-state index contributed by atoms with van der Waals surface area (Å²) < 4.78 is 0. The summed E-state index contributed by atoms with van der Waals surface area (Å²) in [6, 6.07) is 9.62. The molecule has 4 N–H and O–H groups in total.